The average molecular weight is 315 g/mol. The maximum Gasteiger partial charge on any atom is 0.338 e. The van der Waals surface area contributed by atoms with Gasteiger partial charge in [0.2, 0.25) is 0 Å². The number of aliphatic hydroxyl groups excluding tert-OH is 1. The summed E-state index contributed by atoms with van der Waals surface area (Å²) in [6.07, 6.45) is 0. The van der Waals surface area contributed by atoms with Crippen LogP contribution < -0.4 is 4.74 Å². The molecule has 1 aromatic carbocycles. The summed E-state index contributed by atoms with van der Waals surface area (Å²) in [6, 6.07) is 8.80. The van der Waals surface area contributed by atoms with Gasteiger partial charge in [0.1, 0.15) is 23.2 Å². The third kappa shape index (κ3) is 3.14. The monoisotopic (exact) mass is 315 g/mol. The van der Waals surface area contributed by atoms with Crippen molar-refractivity contribution in [1.82, 2.24) is 0 Å². The van der Waals surface area contributed by atoms with Crippen molar-refractivity contribution in [3.63, 3.8) is 0 Å². The second kappa shape index (κ2) is 6.88. The Hall–Kier alpha value is -2.94. The van der Waals surface area contributed by atoms with Gasteiger partial charge in [-0.3, -0.25) is 0 Å². The highest BCUT2D eigenvalue weighted by Gasteiger charge is 2.37. The molecule has 6 heteroatoms. The lowest BCUT2D eigenvalue weighted by molar-refractivity contribution is -0.139. The summed E-state index contributed by atoms with van der Waals surface area (Å²) in [5.41, 5.74) is 0.815. The Morgan fingerprint density at radius 2 is 2.04 bits per heavy atom. The number of carbonyl (C=O) groups is 1. The number of methoxy groups -OCH3 is 1. The Bertz CT molecular complexity index is 709. The van der Waals surface area contributed by atoms with Gasteiger partial charge in [0.05, 0.1) is 25.2 Å². The molecule has 0 spiro atoms. The van der Waals surface area contributed by atoms with E-state index in [0.717, 1.165) is 0 Å². The number of aliphatic hydroxyl groups is 1. The molecule has 6 nitrogen and oxygen atoms in total. The molecule has 0 fully saturated rings. The second-order valence-corrected chi connectivity index (χ2v) is 4.83. The highest BCUT2D eigenvalue weighted by atomic mass is 16.6. The molecule has 1 aliphatic heterocycles. The molecule has 0 bridgehead atoms. The highest BCUT2D eigenvalue weighted by molar-refractivity contribution is 5.92. The lowest BCUT2D eigenvalue weighted by Crippen LogP contribution is -2.23. The third-order valence-electron chi connectivity index (χ3n) is 3.50. The van der Waals surface area contributed by atoms with E-state index in [2.05, 4.69) is 0 Å². The topological polar surface area (TPSA) is 88.8 Å². The zero-order chi connectivity index (χ0) is 17.0. The van der Waals surface area contributed by atoms with Gasteiger partial charge in [-0.25, -0.2) is 4.79 Å². The van der Waals surface area contributed by atoms with E-state index in [1.54, 1.807) is 45.2 Å². The van der Waals surface area contributed by atoms with Crippen molar-refractivity contribution in [2.75, 3.05) is 13.7 Å². The van der Waals surface area contributed by atoms with Gasteiger partial charge < -0.3 is 19.3 Å². The smallest absolute Gasteiger partial charge is 0.338 e. The SMILES string of the molecule is CCOC(=O)C1=C(C)OC(O)=C(C#N)C1c1ccc(OC)cc1. The lowest BCUT2D eigenvalue weighted by atomic mass is 9.83. The summed E-state index contributed by atoms with van der Waals surface area (Å²) in [6.45, 7) is 3.44. The summed E-state index contributed by atoms with van der Waals surface area (Å²) in [4.78, 5) is 12.3. The van der Waals surface area contributed by atoms with E-state index in [4.69, 9.17) is 14.2 Å². The van der Waals surface area contributed by atoms with Crippen molar-refractivity contribution in [1.29, 1.82) is 5.26 Å². The average Bonchev–Trinajstić information content (AvgIpc) is 2.54. The van der Waals surface area contributed by atoms with Crippen LogP contribution in [0.3, 0.4) is 0 Å². The number of nitrogens with zero attached hydrogens (tertiary/aromatic N) is 1. The number of hydrogen-bond donors (Lipinski definition) is 1. The van der Waals surface area contributed by atoms with Gasteiger partial charge in [0.15, 0.2) is 0 Å². The molecule has 1 heterocycles. The van der Waals surface area contributed by atoms with Crippen LogP contribution in [0.25, 0.3) is 0 Å². The van der Waals surface area contributed by atoms with Gasteiger partial charge in [-0.1, -0.05) is 12.1 Å². The fraction of sp³-hybridized carbons (Fsp3) is 0.294. The minimum atomic E-state index is -0.751. The van der Waals surface area contributed by atoms with Crippen LogP contribution in [-0.2, 0) is 14.3 Å². The molecule has 0 saturated carbocycles. The lowest BCUT2D eigenvalue weighted by Gasteiger charge is -2.26. The standard InChI is InChI=1S/C17H17NO5/c1-4-22-17(20)14-10(2)23-16(19)13(9-18)15(14)11-5-7-12(21-3)8-6-11/h5-8,15,19H,4H2,1-3H3. The van der Waals surface area contributed by atoms with Gasteiger partial charge >= 0.3 is 5.97 Å². The summed E-state index contributed by atoms with van der Waals surface area (Å²) in [5.74, 6) is -0.977. The van der Waals surface area contributed by atoms with Crippen molar-refractivity contribution in [3.8, 4) is 11.8 Å². The quantitative estimate of drug-likeness (QED) is 0.859. The third-order valence-corrected chi connectivity index (χ3v) is 3.50. The molecule has 1 N–H and O–H groups in total. The maximum atomic E-state index is 12.3. The summed E-state index contributed by atoms with van der Waals surface area (Å²) < 4.78 is 15.3. The Labute approximate surface area is 134 Å². The van der Waals surface area contributed by atoms with Crippen molar-refractivity contribution >= 4 is 5.97 Å². The number of hydrogen-bond acceptors (Lipinski definition) is 6. The largest absolute Gasteiger partial charge is 0.497 e. The van der Waals surface area contributed by atoms with Gasteiger partial charge in [-0.05, 0) is 31.5 Å². The predicted molar refractivity (Wildman–Crippen MR) is 81.4 cm³/mol. The van der Waals surface area contributed by atoms with E-state index < -0.39 is 17.8 Å². The number of carbonyl (C=O) groups excluding carboxylic acids is 1. The zero-order valence-corrected chi connectivity index (χ0v) is 13.1. The van der Waals surface area contributed by atoms with Crippen molar-refractivity contribution in [3.05, 3.63) is 52.7 Å². The predicted octanol–water partition coefficient (Wildman–Crippen LogP) is 2.94. The number of benzene rings is 1. The fourth-order valence-electron chi connectivity index (χ4n) is 2.44. The van der Waals surface area contributed by atoms with Crippen LogP contribution in [0.15, 0.2) is 47.1 Å². The Balaban J connectivity index is 2.56. The van der Waals surface area contributed by atoms with Crippen LogP contribution in [0, 0.1) is 11.3 Å². The molecule has 0 radical (unpaired) electrons. The van der Waals surface area contributed by atoms with E-state index in [0.29, 0.717) is 11.3 Å². The zero-order valence-electron chi connectivity index (χ0n) is 13.1. The first-order chi connectivity index (χ1) is 11.0. The van der Waals surface area contributed by atoms with Crippen molar-refractivity contribution in [2.24, 2.45) is 0 Å². The van der Waals surface area contributed by atoms with Crippen molar-refractivity contribution in [2.45, 2.75) is 19.8 Å². The number of ether oxygens (including phenoxy) is 3. The Morgan fingerprint density at radius 1 is 1.39 bits per heavy atom. The molecule has 0 saturated heterocycles. The second-order valence-electron chi connectivity index (χ2n) is 4.83. The van der Waals surface area contributed by atoms with E-state index in [9.17, 15) is 15.2 Å². The molecule has 1 atom stereocenters. The molecule has 0 aromatic heterocycles. The molecule has 1 unspecified atom stereocenters. The number of esters is 1. The van der Waals surface area contributed by atoms with E-state index in [1.165, 1.54) is 0 Å². The van der Waals surface area contributed by atoms with Crippen LogP contribution in [0.5, 0.6) is 5.75 Å². The first-order valence-electron chi connectivity index (χ1n) is 7.06. The number of nitriles is 1. The number of rotatable bonds is 4. The van der Waals surface area contributed by atoms with Gasteiger partial charge in [-0.2, -0.15) is 5.26 Å². The summed E-state index contributed by atoms with van der Waals surface area (Å²) in [7, 11) is 1.55. The minimum absolute atomic E-state index is 0.0381. The molecule has 0 amide bonds. The molecule has 23 heavy (non-hydrogen) atoms. The molecule has 1 aromatic rings. The number of allylic oxidation sites excluding steroid dienone is 2. The van der Waals surface area contributed by atoms with Gasteiger partial charge in [0.25, 0.3) is 5.95 Å². The van der Waals surface area contributed by atoms with Crippen LogP contribution >= 0.6 is 0 Å². The molecule has 2 rings (SSSR count). The maximum absolute atomic E-state index is 12.3. The Kier molecular flexibility index (Phi) is 4.91. The van der Waals surface area contributed by atoms with Gasteiger partial charge in [-0.15, -0.1) is 0 Å². The van der Waals surface area contributed by atoms with Crippen LogP contribution in [-0.4, -0.2) is 24.8 Å². The molecular weight excluding hydrogens is 298 g/mol. The van der Waals surface area contributed by atoms with E-state index in [1.807, 2.05) is 6.07 Å². The molecular formula is C17H17NO5. The first kappa shape index (κ1) is 16.4. The van der Waals surface area contributed by atoms with E-state index >= 15 is 0 Å². The normalized spacial score (nSPS) is 17.4. The molecule has 1 aliphatic rings. The van der Waals surface area contributed by atoms with Crippen LogP contribution in [0.1, 0.15) is 25.3 Å². The summed E-state index contributed by atoms with van der Waals surface area (Å²) in [5, 5.41) is 19.3. The molecule has 0 aliphatic carbocycles. The first-order valence-corrected chi connectivity index (χ1v) is 7.06. The van der Waals surface area contributed by atoms with Crippen LogP contribution in [0.2, 0.25) is 0 Å². The minimum Gasteiger partial charge on any atom is -0.497 e. The van der Waals surface area contributed by atoms with Crippen molar-refractivity contribution < 1.29 is 24.1 Å². The van der Waals surface area contributed by atoms with E-state index in [-0.39, 0.29) is 23.5 Å². The van der Waals surface area contributed by atoms with Crippen LogP contribution in [0.4, 0.5) is 0 Å². The molecule has 120 valence electrons. The Morgan fingerprint density at radius 3 is 2.57 bits per heavy atom. The summed E-state index contributed by atoms with van der Waals surface area (Å²) >= 11 is 0. The fourth-order valence-corrected chi connectivity index (χ4v) is 2.44. The van der Waals surface area contributed by atoms with Gasteiger partial charge in [0, 0.05) is 0 Å². The highest BCUT2D eigenvalue weighted by Crippen LogP contribution is 2.40.